The Kier molecular flexibility index (Phi) is 7.11. The molecular weight excluding hydrogens is 402 g/mol. The zero-order valence-electron chi connectivity index (χ0n) is 17.3. The van der Waals surface area contributed by atoms with Crippen LogP contribution in [0.2, 0.25) is 0 Å². The van der Waals surface area contributed by atoms with Gasteiger partial charge in [-0.25, -0.2) is 0 Å². The highest BCUT2D eigenvalue weighted by atomic mass is 32.1. The molecule has 30 heavy (non-hydrogen) atoms. The van der Waals surface area contributed by atoms with Gasteiger partial charge in [0, 0.05) is 45.6 Å². The van der Waals surface area contributed by atoms with E-state index in [0.29, 0.717) is 24.7 Å². The number of piperazine rings is 1. The van der Waals surface area contributed by atoms with Gasteiger partial charge in [-0.15, -0.1) is 11.3 Å². The van der Waals surface area contributed by atoms with E-state index in [1.807, 2.05) is 22.4 Å². The van der Waals surface area contributed by atoms with Crippen LogP contribution in [0.25, 0.3) is 10.7 Å². The molecule has 2 aliphatic rings. The summed E-state index contributed by atoms with van der Waals surface area (Å²) in [5, 5.41) is 6.05. The minimum Gasteiger partial charge on any atom is -0.339 e. The van der Waals surface area contributed by atoms with Gasteiger partial charge in [0.25, 0.3) is 0 Å². The van der Waals surface area contributed by atoms with Crippen LogP contribution in [0.15, 0.2) is 22.0 Å². The summed E-state index contributed by atoms with van der Waals surface area (Å²) in [6.45, 7) is 5.09. The quantitative estimate of drug-likeness (QED) is 0.669. The van der Waals surface area contributed by atoms with E-state index in [0.717, 1.165) is 69.7 Å². The van der Waals surface area contributed by atoms with Crippen molar-refractivity contribution in [2.45, 2.75) is 38.5 Å². The van der Waals surface area contributed by atoms with Crippen molar-refractivity contribution in [1.29, 1.82) is 0 Å². The summed E-state index contributed by atoms with van der Waals surface area (Å²) in [6.07, 6.45) is 5.31. The summed E-state index contributed by atoms with van der Waals surface area (Å²) in [5.74, 6) is 1.55. The van der Waals surface area contributed by atoms with Gasteiger partial charge in [0.15, 0.2) is 0 Å². The Morgan fingerprint density at radius 2 is 2.00 bits per heavy atom. The fraction of sp³-hybridized carbons (Fsp3) is 0.619. The fourth-order valence-electron chi connectivity index (χ4n) is 4.01. The Morgan fingerprint density at radius 3 is 2.80 bits per heavy atom. The first-order valence-electron chi connectivity index (χ1n) is 10.8. The standard InChI is InChI=1S/C21H29N5O3S/c27-19-8-2-1-3-10-26(19)16-20(28)25-13-11-24(12-14-25)9-4-7-18-22-21(23-29-18)17-6-5-15-30-17/h5-6,15H,1-4,7-14,16H2. The van der Waals surface area contributed by atoms with Crippen LogP contribution in [0.4, 0.5) is 0 Å². The van der Waals surface area contributed by atoms with E-state index in [4.69, 9.17) is 4.52 Å². The zero-order chi connectivity index (χ0) is 20.8. The topological polar surface area (TPSA) is 82.8 Å². The van der Waals surface area contributed by atoms with Gasteiger partial charge in [0.2, 0.25) is 23.5 Å². The Morgan fingerprint density at radius 1 is 1.13 bits per heavy atom. The number of carbonyl (C=O) groups excluding carboxylic acids is 2. The molecule has 2 aromatic heterocycles. The van der Waals surface area contributed by atoms with Crippen molar-refractivity contribution < 1.29 is 14.1 Å². The SMILES string of the molecule is O=C(CN1CCCCCC1=O)N1CCN(CCCc2nc(-c3cccs3)no2)CC1. The van der Waals surface area contributed by atoms with Crippen LogP contribution >= 0.6 is 11.3 Å². The van der Waals surface area contributed by atoms with Gasteiger partial charge in [-0.2, -0.15) is 4.98 Å². The first-order chi connectivity index (χ1) is 14.7. The summed E-state index contributed by atoms with van der Waals surface area (Å²) in [7, 11) is 0. The lowest BCUT2D eigenvalue weighted by atomic mass is 10.2. The lowest BCUT2D eigenvalue weighted by Gasteiger charge is -2.35. The van der Waals surface area contributed by atoms with Crippen molar-refractivity contribution in [3.63, 3.8) is 0 Å². The van der Waals surface area contributed by atoms with Gasteiger partial charge >= 0.3 is 0 Å². The second-order valence-corrected chi connectivity index (χ2v) is 8.89. The zero-order valence-corrected chi connectivity index (χ0v) is 18.1. The molecule has 0 radical (unpaired) electrons. The van der Waals surface area contributed by atoms with Crippen LogP contribution < -0.4 is 0 Å². The lowest BCUT2D eigenvalue weighted by molar-refractivity contribution is -0.141. The molecule has 4 rings (SSSR count). The molecule has 0 aromatic carbocycles. The predicted molar refractivity (Wildman–Crippen MR) is 114 cm³/mol. The summed E-state index contributed by atoms with van der Waals surface area (Å²) >= 11 is 1.60. The average Bonchev–Trinajstić information content (AvgIpc) is 3.41. The average molecular weight is 432 g/mol. The molecule has 0 aliphatic carbocycles. The first kappa shape index (κ1) is 21.0. The van der Waals surface area contributed by atoms with E-state index in [-0.39, 0.29) is 18.4 Å². The van der Waals surface area contributed by atoms with E-state index in [9.17, 15) is 9.59 Å². The number of hydrogen-bond donors (Lipinski definition) is 0. The molecule has 2 amide bonds. The fourth-order valence-corrected chi connectivity index (χ4v) is 4.66. The number of hydrogen-bond acceptors (Lipinski definition) is 7. The third-order valence-electron chi connectivity index (χ3n) is 5.80. The molecule has 9 heteroatoms. The molecule has 2 saturated heterocycles. The highest BCUT2D eigenvalue weighted by molar-refractivity contribution is 7.13. The molecule has 0 saturated carbocycles. The number of rotatable bonds is 7. The maximum Gasteiger partial charge on any atom is 0.242 e. The number of aryl methyl sites for hydroxylation is 1. The predicted octanol–water partition coefficient (Wildman–Crippen LogP) is 2.28. The van der Waals surface area contributed by atoms with E-state index >= 15 is 0 Å². The van der Waals surface area contributed by atoms with Crippen molar-refractivity contribution in [3.05, 3.63) is 23.4 Å². The van der Waals surface area contributed by atoms with Crippen molar-refractivity contribution in [2.24, 2.45) is 0 Å². The molecule has 2 aliphatic heterocycles. The molecule has 0 unspecified atom stereocenters. The van der Waals surface area contributed by atoms with Crippen LogP contribution in [0.1, 0.15) is 38.0 Å². The minimum atomic E-state index is 0.0804. The van der Waals surface area contributed by atoms with Crippen molar-refractivity contribution in [1.82, 2.24) is 24.8 Å². The van der Waals surface area contributed by atoms with Crippen LogP contribution in [-0.2, 0) is 16.0 Å². The normalized spacial score (nSPS) is 18.6. The second-order valence-electron chi connectivity index (χ2n) is 7.94. The monoisotopic (exact) mass is 431 g/mol. The van der Waals surface area contributed by atoms with Gasteiger partial charge in [0.05, 0.1) is 11.4 Å². The van der Waals surface area contributed by atoms with Crippen molar-refractivity contribution in [3.8, 4) is 10.7 Å². The Balaban J connectivity index is 1.16. The lowest BCUT2D eigenvalue weighted by Crippen LogP contribution is -2.51. The number of carbonyl (C=O) groups is 2. The molecule has 0 bridgehead atoms. The van der Waals surface area contributed by atoms with Gasteiger partial charge in [0.1, 0.15) is 0 Å². The number of nitrogens with zero attached hydrogens (tertiary/aromatic N) is 5. The molecule has 8 nitrogen and oxygen atoms in total. The van der Waals surface area contributed by atoms with Crippen molar-refractivity contribution >= 4 is 23.2 Å². The Labute approximate surface area is 180 Å². The van der Waals surface area contributed by atoms with Crippen LogP contribution in [-0.4, -0.2) is 82.5 Å². The number of thiophene rings is 1. The molecule has 0 spiro atoms. The van der Waals surface area contributed by atoms with Crippen LogP contribution in [0, 0.1) is 0 Å². The third kappa shape index (κ3) is 5.46. The minimum absolute atomic E-state index is 0.0804. The third-order valence-corrected chi connectivity index (χ3v) is 6.66. The number of aromatic nitrogens is 2. The summed E-state index contributed by atoms with van der Waals surface area (Å²) < 4.78 is 5.36. The largest absolute Gasteiger partial charge is 0.339 e. The van der Waals surface area contributed by atoms with Gasteiger partial charge in [-0.05, 0) is 37.3 Å². The van der Waals surface area contributed by atoms with E-state index < -0.39 is 0 Å². The molecule has 2 fully saturated rings. The first-order valence-corrected chi connectivity index (χ1v) is 11.7. The summed E-state index contributed by atoms with van der Waals surface area (Å²) in [5.41, 5.74) is 0. The van der Waals surface area contributed by atoms with Gasteiger partial charge < -0.3 is 14.3 Å². The highest BCUT2D eigenvalue weighted by Crippen LogP contribution is 2.21. The van der Waals surface area contributed by atoms with Gasteiger partial charge in [-0.3, -0.25) is 14.5 Å². The maximum absolute atomic E-state index is 12.6. The van der Waals surface area contributed by atoms with Crippen LogP contribution in [0.5, 0.6) is 0 Å². The molecule has 4 heterocycles. The smallest absolute Gasteiger partial charge is 0.242 e. The maximum atomic E-state index is 12.6. The number of likely N-dealkylation sites (tertiary alicyclic amines) is 1. The van der Waals surface area contributed by atoms with Gasteiger partial charge in [-0.1, -0.05) is 17.6 Å². The van der Waals surface area contributed by atoms with Crippen LogP contribution in [0.3, 0.4) is 0 Å². The second kappa shape index (κ2) is 10.2. The molecular formula is C21H29N5O3S. The molecule has 162 valence electrons. The summed E-state index contributed by atoms with van der Waals surface area (Å²) in [4.78, 5) is 36.2. The van der Waals surface area contributed by atoms with Crippen molar-refractivity contribution in [2.75, 3.05) is 45.8 Å². The molecule has 0 N–H and O–H groups in total. The molecule has 2 aromatic rings. The Bertz CT molecular complexity index is 830. The van der Waals surface area contributed by atoms with E-state index in [1.165, 1.54) is 0 Å². The highest BCUT2D eigenvalue weighted by Gasteiger charge is 2.25. The van der Waals surface area contributed by atoms with E-state index in [1.54, 1.807) is 16.2 Å². The Hall–Kier alpha value is -2.26. The van der Waals surface area contributed by atoms with E-state index in [2.05, 4.69) is 15.0 Å². The molecule has 0 atom stereocenters. The number of amides is 2. The summed E-state index contributed by atoms with van der Waals surface area (Å²) in [6, 6.07) is 3.97.